The van der Waals surface area contributed by atoms with Crippen molar-refractivity contribution in [2.45, 2.75) is 50.5 Å². The van der Waals surface area contributed by atoms with Crippen LogP contribution in [0.15, 0.2) is 30.3 Å². The predicted octanol–water partition coefficient (Wildman–Crippen LogP) is 3.96. The third kappa shape index (κ3) is 3.91. The van der Waals surface area contributed by atoms with E-state index < -0.39 is 0 Å². The summed E-state index contributed by atoms with van der Waals surface area (Å²) in [5.74, 6) is 6.53. The van der Waals surface area contributed by atoms with E-state index in [1.807, 2.05) is 0 Å². The molecule has 0 unspecified atom stereocenters. The third-order valence-electron chi connectivity index (χ3n) is 5.01. The second kappa shape index (κ2) is 7.81. The van der Waals surface area contributed by atoms with Crippen molar-refractivity contribution >= 4 is 0 Å². The van der Waals surface area contributed by atoms with E-state index in [1.54, 1.807) is 0 Å². The van der Waals surface area contributed by atoms with Crippen LogP contribution in [-0.4, -0.2) is 31.1 Å². The van der Waals surface area contributed by atoms with Crippen LogP contribution >= 0.6 is 0 Å². The minimum atomic E-state index is -0.0954. The van der Waals surface area contributed by atoms with E-state index in [1.165, 1.54) is 50.8 Å². The highest BCUT2D eigenvalue weighted by molar-refractivity contribution is 5.23. The lowest BCUT2D eigenvalue weighted by Crippen LogP contribution is -2.32. The number of hydrogen-bond donors (Lipinski definition) is 0. The summed E-state index contributed by atoms with van der Waals surface area (Å²) in [6.07, 6.45) is 8.77. The van der Waals surface area contributed by atoms with E-state index in [0.717, 1.165) is 19.4 Å². The van der Waals surface area contributed by atoms with Crippen molar-refractivity contribution in [2.24, 2.45) is 0 Å². The lowest BCUT2D eigenvalue weighted by atomic mass is 9.79. The monoisotopic (exact) mass is 297 g/mol. The van der Waals surface area contributed by atoms with Gasteiger partial charge in [-0.2, -0.15) is 0 Å². The standard InChI is InChI=1S/C20H27NO/c1-3-11-19(12-4-1)20(13-5-2-6-14-20)22-18-10-9-17-21-15-7-8-16-21/h1,3-4,11-12H,2,5-8,13-18H2. The van der Waals surface area contributed by atoms with Gasteiger partial charge in [0.15, 0.2) is 0 Å². The van der Waals surface area contributed by atoms with Crippen LogP contribution in [-0.2, 0) is 10.3 Å². The average Bonchev–Trinajstić information content (AvgIpc) is 3.10. The fourth-order valence-electron chi connectivity index (χ4n) is 3.71. The second-order valence-electron chi connectivity index (χ2n) is 6.55. The van der Waals surface area contributed by atoms with Crippen molar-refractivity contribution in [3.8, 4) is 11.8 Å². The van der Waals surface area contributed by atoms with Gasteiger partial charge in [-0.15, -0.1) is 0 Å². The molecule has 1 aliphatic heterocycles. The Kier molecular flexibility index (Phi) is 5.53. The molecule has 2 heteroatoms. The molecule has 2 fully saturated rings. The molecule has 1 aliphatic carbocycles. The summed E-state index contributed by atoms with van der Waals surface area (Å²) in [5, 5.41) is 0. The van der Waals surface area contributed by atoms with Crippen molar-refractivity contribution in [3.05, 3.63) is 35.9 Å². The van der Waals surface area contributed by atoms with Gasteiger partial charge in [-0.3, -0.25) is 4.90 Å². The Labute approximate surface area is 134 Å². The van der Waals surface area contributed by atoms with Gasteiger partial charge in [0.05, 0.1) is 12.1 Å². The van der Waals surface area contributed by atoms with Gasteiger partial charge >= 0.3 is 0 Å². The molecular weight excluding hydrogens is 270 g/mol. The molecule has 0 atom stereocenters. The molecule has 0 radical (unpaired) electrons. The normalized spacial score (nSPS) is 21.3. The van der Waals surface area contributed by atoms with Gasteiger partial charge < -0.3 is 4.74 Å². The molecule has 2 nitrogen and oxygen atoms in total. The molecule has 1 heterocycles. The summed E-state index contributed by atoms with van der Waals surface area (Å²) < 4.78 is 6.33. The number of nitrogens with zero attached hydrogens (tertiary/aromatic N) is 1. The molecule has 0 spiro atoms. The zero-order valence-electron chi connectivity index (χ0n) is 13.5. The fourth-order valence-corrected chi connectivity index (χ4v) is 3.71. The van der Waals surface area contributed by atoms with E-state index in [4.69, 9.17) is 4.74 Å². The molecule has 1 saturated carbocycles. The SMILES string of the molecule is C(#CCN1CCCC1)COC1(c2ccccc2)CCCCC1. The molecule has 0 N–H and O–H groups in total. The van der Waals surface area contributed by atoms with Crippen LogP contribution in [0.2, 0.25) is 0 Å². The lowest BCUT2D eigenvalue weighted by molar-refractivity contribution is -0.0609. The molecule has 118 valence electrons. The van der Waals surface area contributed by atoms with Crippen LogP contribution < -0.4 is 0 Å². The number of ether oxygens (including phenoxy) is 1. The highest BCUT2D eigenvalue weighted by atomic mass is 16.5. The van der Waals surface area contributed by atoms with Crippen LogP contribution in [0.4, 0.5) is 0 Å². The quantitative estimate of drug-likeness (QED) is 0.780. The van der Waals surface area contributed by atoms with Crippen LogP contribution in [0.25, 0.3) is 0 Å². The summed E-state index contributed by atoms with van der Waals surface area (Å²) in [5.41, 5.74) is 1.23. The number of likely N-dealkylation sites (tertiary alicyclic amines) is 1. The Hall–Kier alpha value is -1.30. The molecule has 0 bridgehead atoms. The molecule has 2 aliphatic rings. The van der Waals surface area contributed by atoms with Gasteiger partial charge in [-0.05, 0) is 44.3 Å². The van der Waals surface area contributed by atoms with E-state index in [9.17, 15) is 0 Å². The molecule has 3 rings (SSSR count). The topological polar surface area (TPSA) is 12.5 Å². The van der Waals surface area contributed by atoms with E-state index in [-0.39, 0.29) is 5.60 Å². The number of benzene rings is 1. The van der Waals surface area contributed by atoms with Crippen LogP contribution in [0, 0.1) is 11.8 Å². The zero-order chi connectivity index (χ0) is 15.1. The Morgan fingerprint density at radius 2 is 1.64 bits per heavy atom. The largest absolute Gasteiger partial charge is 0.358 e. The lowest BCUT2D eigenvalue weighted by Gasteiger charge is -2.37. The first-order valence-corrected chi connectivity index (χ1v) is 8.77. The van der Waals surface area contributed by atoms with Crippen LogP contribution in [0.3, 0.4) is 0 Å². The summed E-state index contributed by atoms with van der Waals surface area (Å²) in [6.45, 7) is 3.89. The van der Waals surface area contributed by atoms with Crippen LogP contribution in [0.5, 0.6) is 0 Å². The van der Waals surface area contributed by atoms with Crippen molar-refractivity contribution in [1.29, 1.82) is 0 Å². The maximum absolute atomic E-state index is 6.33. The number of rotatable bonds is 4. The van der Waals surface area contributed by atoms with Gasteiger partial charge in [-0.25, -0.2) is 0 Å². The predicted molar refractivity (Wildman–Crippen MR) is 90.6 cm³/mol. The molecule has 1 aromatic rings. The molecular formula is C20H27NO. The van der Waals surface area contributed by atoms with Gasteiger partial charge in [0.2, 0.25) is 0 Å². The molecule has 0 aromatic heterocycles. The maximum atomic E-state index is 6.33. The Morgan fingerprint density at radius 3 is 2.36 bits per heavy atom. The number of hydrogen-bond acceptors (Lipinski definition) is 2. The van der Waals surface area contributed by atoms with E-state index >= 15 is 0 Å². The highest BCUT2D eigenvalue weighted by Crippen LogP contribution is 2.40. The first-order chi connectivity index (χ1) is 10.9. The Balaban J connectivity index is 1.58. The highest BCUT2D eigenvalue weighted by Gasteiger charge is 2.34. The summed E-state index contributed by atoms with van der Waals surface area (Å²) in [6, 6.07) is 10.7. The summed E-state index contributed by atoms with van der Waals surface area (Å²) in [4.78, 5) is 2.43. The third-order valence-corrected chi connectivity index (χ3v) is 5.01. The van der Waals surface area contributed by atoms with Gasteiger partial charge in [0.25, 0.3) is 0 Å². The van der Waals surface area contributed by atoms with E-state index in [2.05, 4.69) is 47.1 Å². The van der Waals surface area contributed by atoms with Crippen LogP contribution in [0.1, 0.15) is 50.5 Å². The van der Waals surface area contributed by atoms with Gasteiger partial charge in [0, 0.05) is 0 Å². The van der Waals surface area contributed by atoms with Crippen molar-refractivity contribution in [1.82, 2.24) is 4.90 Å². The summed E-state index contributed by atoms with van der Waals surface area (Å²) in [7, 11) is 0. The average molecular weight is 297 g/mol. The first-order valence-electron chi connectivity index (χ1n) is 8.77. The molecule has 1 aromatic carbocycles. The molecule has 22 heavy (non-hydrogen) atoms. The van der Waals surface area contributed by atoms with E-state index in [0.29, 0.717) is 6.61 Å². The zero-order valence-corrected chi connectivity index (χ0v) is 13.5. The van der Waals surface area contributed by atoms with Gasteiger partial charge in [-0.1, -0.05) is 61.4 Å². The second-order valence-corrected chi connectivity index (χ2v) is 6.55. The first kappa shape index (κ1) is 15.6. The molecule has 0 amide bonds. The Bertz CT molecular complexity index is 502. The Morgan fingerprint density at radius 1 is 0.909 bits per heavy atom. The summed E-state index contributed by atoms with van der Waals surface area (Å²) >= 11 is 0. The van der Waals surface area contributed by atoms with Crippen molar-refractivity contribution < 1.29 is 4.74 Å². The van der Waals surface area contributed by atoms with Crippen molar-refractivity contribution in [2.75, 3.05) is 26.2 Å². The molecule has 1 saturated heterocycles. The minimum absolute atomic E-state index is 0.0954. The maximum Gasteiger partial charge on any atom is 0.108 e. The van der Waals surface area contributed by atoms with Crippen molar-refractivity contribution in [3.63, 3.8) is 0 Å². The minimum Gasteiger partial charge on any atom is -0.358 e. The van der Waals surface area contributed by atoms with Gasteiger partial charge in [0.1, 0.15) is 6.61 Å². The fraction of sp³-hybridized carbons (Fsp3) is 0.600. The smallest absolute Gasteiger partial charge is 0.108 e.